The minimum absolute atomic E-state index is 0.0274. The predicted molar refractivity (Wildman–Crippen MR) is 108 cm³/mol. The lowest BCUT2D eigenvalue weighted by Gasteiger charge is -2.16. The third-order valence-corrected chi connectivity index (χ3v) is 4.97. The van der Waals surface area contributed by atoms with E-state index >= 15 is 0 Å². The Morgan fingerprint density at radius 1 is 0.808 bits per heavy atom. The van der Waals surface area contributed by atoms with Gasteiger partial charge >= 0.3 is 0 Å². The molecule has 0 fully saturated rings. The van der Waals surface area contributed by atoms with Crippen molar-refractivity contribution in [2.45, 2.75) is 0 Å². The van der Waals surface area contributed by atoms with Gasteiger partial charge in [-0.25, -0.2) is 4.98 Å². The molecule has 0 atom stereocenters. The maximum absolute atomic E-state index is 13.2. The molecule has 0 spiro atoms. The second-order valence-electron chi connectivity index (χ2n) is 6.73. The van der Waals surface area contributed by atoms with Crippen LogP contribution in [0.5, 0.6) is 0 Å². The summed E-state index contributed by atoms with van der Waals surface area (Å²) in [7, 11) is 4.06. The van der Waals surface area contributed by atoms with Gasteiger partial charge in [0, 0.05) is 30.6 Å². The summed E-state index contributed by atoms with van der Waals surface area (Å²) in [5.74, 6) is 0. The topological polar surface area (TPSA) is 37.6 Å². The zero-order valence-corrected chi connectivity index (χ0v) is 14.6. The molecule has 2 aromatic heterocycles. The molecule has 3 aromatic carbocycles. The number of benzene rings is 3. The fourth-order valence-corrected chi connectivity index (χ4v) is 3.66. The third kappa shape index (κ3) is 1.96. The molecule has 4 nitrogen and oxygen atoms in total. The molecule has 0 unspecified atom stereocenters. The van der Waals surface area contributed by atoms with Crippen molar-refractivity contribution in [1.82, 2.24) is 9.38 Å². The molecule has 0 saturated carbocycles. The Balaban J connectivity index is 2.13. The van der Waals surface area contributed by atoms with Gasteiger partial charge in [0.1, 0.15) is 5.65 Å². The lowest BCUT2D eigenvalue weighted by Crippen LogP contribution is -2.16. The summed E-state index contributed by atoms with van der Waals surface area (Å²) in [6, 6.07) is 21.9. The van der Waals surface area contributed by atoms with Crippen LogP contribution in [0.1, 0.15) is 0 Å². The van der Waals surface area contributed by atoms with E-state index in [1.807, 2.05) is 56.6 Å². The molecule has 0 bridgehead atoms. The Morgan fingerprint density at radius 2 is 1.54 bits per heavy atom. The van der Waals surface area contributed by atoms with Gasteiger partial charge in [-0.15, -0.1) is 0 Å². The molecule has 0 saturated heterocycles. The Hall–Kier alpha value is -3.40. The number of anilines is 1. The smallest absolute Gasteiger partial charge is 0.266 e. The maximum atomic E-state index is 13.2. The van der Waals surface area contributed by atoms with Crippen LogP contribution in [0.3, 0.4) is 0 Å². The Bertz CT molecular complexity index is 1380. The summed E-state index contributed by atoms with van der Waals surface area (Å²) in [5, 5.41) is 3.78. The zero-order chi connectivity index (χ0) is 17.8. The van der Waals surface area contributed by atoms with Crippen molar-refractivity contribution in [2.75, 3.05) is 19.0 Å². The molecule has 0 amide bonds. The molecule has 0 aliphatic carbocycles. The molecular formula is C22H17N3O. The number of nitrogens with zero attached hydrogens (tertiary/aromatic N) is 3. The standard InChI is InChI=1S/C22H17N3O/c1-24(2)14-11-12-16-18(13-14)15-7-4-6-10-20(15)25-21(16)23-19-9-5-3-8-17(19)22(25)26/h3-13H,1-2H3. The second-order valence-corrected chi connectivity index (χ2v) is 6.73. The molecule has 4 heteroatoms. The molecular weight excluding hydrogens is 322 g/mol. The van der Waals surface area contributed by atoms with Crippen LogP contribution in [-0.4, -0.2) is 23.5 Å². The fraction of sp³-hybridized carbons (Fsp3) is 0.0909. The van der Waals surface area contributed by atoms with Gasteiger partial charge in [0.25, 0.3) is 5.56 Å². The number of aromatic nitrogens is 2. The van der Waals surface area contributed by atoms with Crippen molar-refractivity contribution in [3.05, 3.63) is 77.1 Å². The first-order valence-electron chi connectivity index (χ1n) is 8.58. The molecule has 0 N–H and O–H groups in total. The average molecular weight is 339 g/mol. The first-order valence-corrected chi connectivity index (χ1v) is 8.58. The summed E-state index contributed by atoms with van der Waals surface area (Å²) in [5.41, 5.74) is 3.41. The van der Waals surface area contributed by atoms with E-state index in [4.69, 9.17) is 4.98 Å². The average Bonchev–Trinajstić information content (AvgIpc) is 2.67. The van der Waals surface area contributed by atoms with Crippen LogP contribution in [0.4, 0.5) is 5.69 Å². The van der Waals surface area contributed by atoms with Gasteiger partial charge in [-0.3, -0.25) is 9.20 Å². The highest BCUT2D eigenvalue weighted by Crippen LogP contribution is 2.31. The fourth-order valence-electron chi connectivity index (χ4n) is 3.66. The lowest BCUT2D eigenvalue weighted by molar-refractivity contribution is 1.13. The Kier molecular flexibility index (Phi) is 3.04. The minimum Gasteiger partial charge on any atom is -0.378 e. The molecule has 26 heavy (non-hydrogen) atoms. The first kappa shape index (κ1) is 14.9. The Morgan fingerprint density at radius 3 is 2.35 bits per heavy atom. The van der Waals surface area contributed by atoms with Crippen LogP contribution < -0.4 is 10.5 Å². The molecule has 2 heterocycles. The van der Waals surface area contributed by atoms with Crippen molar-refractivity contribution < 1.29 is 0 Å². The number of fused-ring (bicyclic) bond motifs is 7. The van der Waals surface area contributed by atoms with Crippen LogP contribution >= 0.6 is 0 Å². The lowest BCUT2D eigenvalue weighted by atomic mass is 10.0. The largest absolute Gasteiger partial charge is 0.378 e. The van der Waals surface area contributed by atoms with Crippen LogP contribution in [0.15, 0.2) is 71.5 Å². The van der Waals surface area contributed by atoms with Gasteiger partial charge in [0.05, 0.1) is 16.4 Å². The molecule has 0 radical (unpaired) electrons. The van der Waals surface area contributed by atoms with E-state index in [0.29, 0.717) is 11.0 Å². The number of hydrogen-bond donors (Lipinski definition) is 0. The highest BCUT2D eigenvalue weighted by atomic mass is 16.1. The van der Waals surface area contributed by atoms with Crippen molar-refractivity contribution in [1.29, 1.82) is 0 Å². The molecule has 5 rings (SSSR count). The Labute approximate surface area is 149 Å². The van der Waals surface area contributed by atoms with Gasteiger partial charge in [-0.05, 0) is 41.8 Å². The summed E-state index contributed by atoms with van der Waals surface area (Å²) in [6.45, 7) is 0. The summed E-state index contributed by atoms with van der Waals surface area (Å²) in [4.78, 5) is 20.2. The van der Waals surface area contributed by atoms with Crippen molar-refractivity contribution >= 4 is 43.9 Å². The van der Waals surface area contributed by atoms with Crippen molar-refractivity contribution in [3.63, 3.8) is 0 Å². The summed E-state index contributed by atoms with van der Waals surface area (Å²) >= 11 is 0. The van der Waals surface area contributed by atoms with Gasteiger partial charge in [-0.1, -0.05) is 30.3 Å². The van der Waals surface area contributed by atoms with E-state index in [2.05, 4.69) is 29.2 Å². The second kappa shape index (κ2) is 5.30. The van der Waals surface area contributed by atoms with Crippen LogP contribution in [0.25, 0.3) is 38.2 Å². The van der Waals surface area contributed by atoms with E-state index in [1.165, 1.54) is 0 Å². The molecule has 126 valence electrons. The van der Waals surface area contributed by atoms with E-state index in [1.54, 1.807) is 4.40 Å². The van der Waals surface area contributed by atoms with E-state index in [9.17, 15) is 4.79 Å². The number of rotatable bonds is 1. The number of hydrogen-bond acceptors (Lipinski definition) is 3. The van der Waals surface area contributed by atoms with E-state index < -0.39 is 0 Å². The normalized spacial score (nSPS) is 11.6. The summed E-state index contributed by atoms with van der Waals surface area (Å²) in [6.07, 6.45) is 0. The highest BCUT2D eigenvalue weighted by molar-refractivity contribution is 6.13. The van der Waals surface area contributed by atoms with E-state index in [-0.39, 0.29) is 5.56 Å². The quantitative estimate of drug-likeness (QED) is 0.339. The SMILES string of the molecule is CN(C)c1ccc2c(c1)c1ccccc1n1c(=O)c3ccccc3nc21. The first-order chi connectivity index (χ1) is 12.6. The highest BCUT2D eigenvalue weighted by Gasteiger charge is 2.14. The third-order valence-electron chi connectivity index (χ3n) is 4.97. The van der Waals surface area contributed by atoms with Gasteiger partial charge < -0.3 is 4.90 Å². The summed E-state index contributed by atoms with van der Waals surface area (Å²) < 4.78 is 1.75. The van der Waals surface area contributed by atoms with Crippen molar-refractivity contribution in [2.24, 2.45) is 0 Å². The number of para-hydroxylation sites is 2. The number of pyridine rings is 1. The van der Waals surface area contributed by atoms with E-state index in [0.717, 1.165) is 32.9 Å². The monoisotopic (exact) mass is 339 g/mol. The minimum atomic E-state index is -0.0274. The van der Waals surface area contributed by atoms with Gasteiger partial charge in [0.15, 0.2) is 0 Å². The van der Waals surface area contributed by atoms with Crippen molar-refractivity contribution in [3.8, 4) is 0 Å². The van der Waals surface area contributed by atoms with Crippen LogP contribution in [0, 0.1) is 0 Å². The molecule has 0 aliphatic rings. The zero-order valence-electron chi connectivity index (χ0n) is 14.6. The van der Waals surface area contributed by atoms with Gasteiger partial charge in [-0.2, -0.15) is 0 Å². The molecule has 0 aliphatic heterocycles. The van der Waals surface area contributed by atoms with Gasteiger partial charge in [0.2, 0.25) is 0 Å². The van der Waals surface area contributed by atoms with Crippen LogP contribution in [-0.2, 0) is 0 Å². The molecule has 5 aromatic rings. The maximum Gasteiger partial charge on any atom is 0.266 e. The predicted octanol–water partition coefficient (Wildman–Crippen LogP) is 4.22. The van der Waals surface area contributed by atoms with Crippen LogP contribution in [0.2, 0.25) is 0 Å².